The molecule has 0 bridgehead atoms. The molecule has 0 aliphatic carbocycles. The summed E-state index contributed by atoms with van der Waals surface area (Å²) in [6.07, 6.45) is 31.2. The molecule has 0 aliphatic rings. The van der Waals surface area contributed by atoms with E-state index in [0.29, 0.717) is 13.2 Å². The van der Waals surface area contributed by atoms with E-state index in [2.05, 4.69) is 13.8 Å². The standard InChI is InChI=1S/C33H65NO4/c1-3-5-7-9-11-13-15-17-19-21-23-25-29-37-32(35)28-27-31(34)33(36)38-30-26-24-22-20-18-16-14-12-10-8-6-4-2/h31H,3-30,34H2,1-2H3. The summed E-state index contributed by atoms with van der Waals surface area (Å²) >= 11 is 0. The fraction of sp³-hybridized carbons (Fsp3) is 0.939. The molecule has 2 N–H and O–H groups in total. The van der Waals surface area contributed by atoms with Crippen LogP contribution in [0.5, 0.6) is 0 Å². The third-order valence-corrected chi connectivity index (χ3v) is 7.47. The van der Waals surface area contributed by atoms with E-state index < -0.39 is 12.0 Å². The second-order valence-corrected chi connectivity index (χ2v) is 11.3. The van der Waals surface area contributed by atoms with Crippen molar-refractivity contribution in [2.24, 2.45) is 5.73 Å². The molecule has 0 aliphatic heterocycles. The molecule has 1 unspecified atom stereocenters. The van der Waals surface area contributed by atoms with E-state index in [1.165, 1.54) is 128 Å². The number of carbonyl (C=O) groups excluding carboxylic acids is 2. The molecule has 226 valence electrons. The molecule has 0 aromatic rings. The minimum absolute atomic E-state index is 0.174. The van der Waals surface area contributed by atoms with Gasteiger partial charge in [-0.15, -0.1) is 0 Å². The minimum atomic E-state index is -0.744. The molecule has 0 aromatic heterocycles. The van der Waals surface area contributed by atoms with Crippen LogP contribution < -0.4 is 5.73 Å². The van der Waals surface area contributed by atoms with E-state index in [1.54, 1.807) is 0 Å². The van der Waals surface area contributed by atoms with Crippen LogP contribution >= 0.6 is 0 Å². The molecule has 0 fully saturated rings. The molecule has 0 amide bonds. The number of nitrogens with two attached hydrogens (primary N) is 1. The molecule has 0 saturated carbocycles. The predicted molar refractivity (Wildman–Crippen MR) is 161 cm³/mol. The highest BCUT2D eigenvalue weighted by Crippen LogP contribution is 2.13. The normalized spacial score (nSPS) is 12.0. The van der Waals surface area contributed by atoms with Crippen molar-refractivity contribution >= 4 is 11.9 Å². The van der Waals surface area contributed by atoms with Gasteiger partial charge >= 0.3 is 11.9 Å². The number of ether oxygens (including phenoxy) is 2. The number of unbranched alkanes of at least 4 members (excludes halogenated alkanes) is 22. The zero-order valence-corrected chi connectivity index (χ0v) is 25.6. The van der Waals surface area contributed by atoms with E-state index >= 15 is 0 Å². The van der Waals surface area contributed by atoms with Crippen molar-refractivity contribution in [2.45, 2.75) is 187 Å². The Labute approximate surface area is 236 Å². The van der Waals surface area contributed by atoms with E-state index in [-0.39, 0.29) is 18.8 Å². The van der Waals surface area contributed by atoms with E-state index in [1.807, 2.05) is 0 Å². The summed E-state index contributed by atoms with van der Waals surface area (Å²) in [5, 5.41) is 0. The predicted octanol–water partition coefficient (Wildman–Crippen LogP) is 9.58. The summed E-state index contributed by atoms with van der Waals surface area (Å²) in [5.41, 5.74) is 5.90. The van der Waals surface area contributed by atoms with Crippen LogP contribution in [0.1, 0.15) is 181 Å². The first kappa shape index (κ1) is 36.9. The zero-order valence-electron chi connectivity index (χ0n) is 25.6. The summed E-state index contributed by atoms with van der Waals surface area (Å²) < 4.78 is 10.6. The molecule has 5 nitrogen and oxygen atoms in total. The first-order valence-corrected chi connectivity index (χ1v) is 16.7. The van der Waals surface area contributed by atoms with E-state index in [0.717, 1.165) is 25.7 Å². The lowest BCUT2D eigenvalue weighted by Gasteiger charge is -2.11. The van der Waals surface area contributed by atoms with Gasteiger partial charge in [-0.2, -0.15) is 0 Å². The molecule has 1 atom stereocenters. The lowest BCUT2D eigenvalue weighted by molar-refractivity contribution is -0.146. The Bertz CT molecular complexity index is 511. The highest BCUT2D eigenvalue weighted by molar-refractivity contribution is 5.77. The van der Waals surface area contributed by atoms with Gasteiger partial charge in [0.25, 0.3) is 0 Å². The molecular weight excluding hydrogens is 474 g/mol. The fourth-order valence-corrected chi connectivity index (χ4v) is 4.82. The Morgan fingerprint density at radius 3 is 1.18 bits per heavy atom. The molecule has 0 rings (SSSR count). The molecular formula is C33H65NO4. The molecule has 38 heavy (non-hydrogen) atoms. The Morgan fingerprint density at radius 2 is 0.816 bits per heavy atom. The monoisotopic (exact) mass is 539 g/mol. The Kier molecular flexibility index (Phi) is 29.6. The molecule has 0 heterocycles. The number of rotatable bonds is 30. The second kappa shape index (κ2) is 30.4. The van der Waals surface area contributed by atoms with Crippen LogP contribution in [0.15, 0.2) is 0 Å². The SMILES string of the molecule is CCCCCCCCCCCCCCOC(=O)CCC(N)C(=O)OCCCCCCCCCCCCCC. The maximum Gasteiger partial charge on any atom is 0.322 e. The van der Waals surface area contributed by atoms with E-state index in [4.69, 9.17) is 15.2 Å². The van der Waals surface area contributed by atoms with Gasteiger partial charge < -0.3 is 15.2 Å². The zero-order chi connectivity index (χ0) is 27.9. The van der Waals surface area contributed by atoms with Gasteiger partial charge in [0, 0.05) is 6.42 Å². The second-order valence-electron chi connectivity index (χ2n) is 11.3. The van der Waals surface area contributed by atoms with Crippen molar-refractivity contribution in [2.75, 3.05) is 13.2 Å². The quantitative estimate of drug-likeness (QED) is 0.0726. The molecule has 0 spiro atoms. The minimum Gasteiger partial charge on any atom is -0.466 e. The topological polar surface area (TPSA) is 78.6 Å². The highest BCUT2D eigenvalue weighted by Gasteiger charge is 2.17. The first-order chi connectivity index (χ1) is 18.6. The van der Waals surface area contributed by atoms with Crippen molar-refractivity contribution in [3.05, 3.63) is 0 Å². The molecule has 0 radical (unpaired) electrons. The van der Waals surface area contributed by atoms with Crippen LogP contribution in [0.2, 0.25) is 0 Å². The van der Waals surface area contributed by atoms with Crippen molar-refractivity contribution in [1.82, 2.24) is 0 Å². The van der Waals surface area contributed by atoms with Crippen molar-refractivity contribution in [3.63, 3.8) is 0 Å². The maximum absolute atomic E-state index is 12.0. The summed E-state index contributed by atoms with van der Waals surface area (Å²) in [4.78, 5) is 24.0. The third-order valence-electron chi connectivity index (χ3n) is 7.47. The number of hydrogen-bond acceptors (Lipinski definition) is 5. The third kappa shape index (κ3) is 27.9. The number of esters is 2. The molecule has 0 aromatic carbocycles. The summed E-state index contributed by atoms with van der Waals surface area (Å²) in [6.45, 7) is 5.41. The van der Waals surface area contributed by atoms with Crippen LogP contribution in [0, 0.1) is 0 Å². The first-order valence-electron chi connectivity index (χ1n) is 16.7. The van der Waals surface area contributed by atoms with Crippen molar-refractivity contribution in [3.8, 4) is 0 Å². The smallest absolute Gasteiger partial charge is 0.322 e. The van der Waals surface area contributed by atoms with Crippen LogP contribution in [0.4, 0.5) is 0 Å². The number of hydrogen-bond donors (Lipinski definition) is 1. The van der Waals surface area contributed by atoms with Gasteiger partial charge in [0.05, 0.1) is 13.2 Å². The average molecular weight is 540 g/mol. The number of carbonyl (C=O) groups is 2. The van der Waals surface area contributed by atoms with Crippen molar-refractivity contribution in [1.29, 1.82) is 0 Å². The van der Waals surface area contributed by atoms with Gasteiger partial charge in [0.2, 0.25) is 0 Å². The summed E-state index contributed by atoms with van der Waals surface area (Å²) in [7, 11) is 0. The van der Waals surface area contributed by atoms with Crippen LogP contribution in [-0.2, 0) is 19.1 Å². The lowest BCUT2D eigenvalue weighted by atomic mass is 10.1. The molecule has 0 saturated heterocycles. The summed E-state index contributed by atoms with van der Waals surface area (Å²) in [6, 6.07) is -0.744. The van der Waals surface area contributed by atoms with Gasteiger partial charge in [0.1, 0.15) is 6.04 Å². The van der Waals surface area contributed by atoms with Crippen LogP contribution in [0.25, 0.3) is 0 Å². The van der Waals surface area contributed by atoms with Gasteiger partial charge in [-0.3, -0.25) is 9.59 Å². The van der Waals surface area contributed by atoms with Gasteiger partial charge in [-0.25, -0.2) is 0 Å². The molecule has 5 heteroatoms. The average Bonchev–Trinajstić information content (AvgIpc) is 2.92. The Morgan fingerprint density at radius 1 is 0.500 bits per heavy atom. The van der Waals surface area contributed by atoms with Crippen molar-refractivity contribution < 1.29 is 19.1 Å². The largest absolute Gasteiger partial charge is 0.466 e. The Balaban J connectivity index is 3.41. The van der Waals surface area contributed by atoms with Crippen LogP contribution in [0.3, 0.4) is 0 Å². The fourth-order valence-electron chi connectivity index (χ4n) is 4.82. The lowest BCUT2D eigenvalue weighted by Crippen LogP contribution is -2.33. The van der Waals surface area contributed by atoms with Crippen LogP contribution in [-0.4, -0.2) is 31.2 Å². The highest BCUT2D eigenvalue weighted by atomic mass is 16.5. The van der Waals surface area contributed by atoms with Gasteiger partial charge in [-0.1, -0.05) is 155 Å². The van der Waals surface area contributed by atoms with E-state index in [9.17, 15) is 9.59 Å². The van der Waals surface area contributed by atoms with Gasteiger partial charge in [0.15, 0.2) is 0 Å². The Hall–Kier alpha value is -1.10. The summed E-state index contributed by atoms with van der Waals surface area (Å²) in [5.74, 6) is -0.667. The van der Waals surface area contributed by atoms with Gasteiger partial charge in [-0.05, 0) is 19.3 Å². The maximum atomic E-state index is 12.0.